The lowest BCUT2D eigenvalue weighted by atomic mass is 10.1. The highest BCUT2D eigenvalue weighted by Crippen LogP contribution is 2.22. The van der Waals surface area contributed by atoms with Crippen molar-refractivity contribution in [2.45, 2.75) is 51.4 Å². The summed E-state index contributed by atoms with van der Waals surface area (Å²) in [6.45, 7) is 3.82. The lowest BCUT2D eigenvalue weighted by Gasteiger charge is -2.26. The van der Waals surface area contributed by atoms with Gasteiger partial charge in [0.2, 0.25) is 5.91 Å². The molecule has 0 atom stereocenters. The molecular weight excluding hydrogens is 364 g/mol. The Bertz CT molecular complexity index is 653. The minimum absolute atomic E-state index is 0.00742. The summed E-state index contributed by atoms with van der Waals surface area (Å²) in [6, 6.07) is 1.67. The first-order valence-electron chi connectivity index (χ1n) is 10.1. The normalized spacial score (nSPS) is 18.1. The molecule has 0 bridgehead atoms. The molecule has 0 aromatic carbocycles. The van der Waals surface area contributed by atoms with Crippen LogP contribution in [-0.2, 0) is 4.79 Å². The first kappa shape index (κ1) is 19.9. The van der Waals surface area contributed by atoms with E-state index in [2.05, 4.69) is 10.3 Å². The molecule has 2 aliphatic rings. The third kappa shape index (κ3) is 5.58. The average Bonchev–Trinajstić information content (AvgIpc) is 2.99. The van der Waals surface area contributed by atoms with E-state index in [9.17, 15) is 9.59 Å². The zero-order valence-electron chi connectivity index (χ0n) is 15.9. The molecule has 0 saturated carbocycles. The number of piperidine rings is 1. The first-order chi connectivity index (χ1) is 13.1. The summed E-state index contributed by atoms with van der Waals surface area (Å²) in [4.78, 5) is 33.0. The minimum Gasteiger partial charge on any atom is -0.368 e. The zero-order chi connectivity index (χ0) is 19.1. The van der Waals surface area contributed by atoms with Gasteiger partial charge in [-0.3, -0.25) is 9.59 Å². The van der Waals surface area contributed by atoms with Crippen molar-refractivity contribution in [3.05, 3.63) is 22.8 Å². The summed E-state index contributed by atoms with van der Waals surface area (Å²) >= 11 is 6.31. The van der Waals surface area contributed by atoms with Crippen LogP contribution in [0.5, 0.6) is 0 Å². The predicted molar refractivity (Wildman–Crippen MR) is 107 cm³/mol. The zero-order valence-corrected chi connectivity index (χ0v) is 16.6. The molecule has 27 heavy (non-hydrogen) atoms. The van der Waals surface area contributed by atoms with Gasteiger partial charge in [-0.05, 0) is 38.2 Å². The second kappa shape index (κ2) is 9.93. The number of aromatic nitrogens is 1. The summed E-state index contributed by atoms with van der Waals surface area (Å²) in [5, 5.41) is 3.55. The predicted octanol–water partition coefficient (Wildman–Crippen LogP) is 3.57. The molecule has 3 heterocycles. The third-order valence-corrected chi connectivity index (χ3v) is 5.61. The van der Waals surface area contributed by atoms with Gasteiger partial charge in [-0.25, -0.2) is 4.98 Å². The van der Waals surface area contributed by atoms with Crippen LogP contribution in [0.4, 0.5) is 5.82 Å². The molecule has 2 aliphatic heterocycles. The fraction of sp³-hybridized carbons (Fsp3) is 0.650. The molecule has 0 spiro atoms. The van der Waals surface area contributed by atoms with Gasteiger partial charge < -0.3 is 15.1 Å². The Balaban J connectivity index is 1.50. The van der Waals surface area contributed by atoms with Crippen LogP contribution in [0.3, 0.4) is 0 Å². The van der Waals surface area contributed by atoms with Gasteiger partial charge in [0.05, 0.1) is 10.6 Å². The maximum atomic E-state index is 12.5. The van der Waals surface area contributed by atoms with Crippen molar-refractivity contribution in [3.63, 3.8) is 0 Å². The van der Waals surface area contributed by atoms with Gasteiger partial charge in [0.1, 0.15) is 5.82 Å². The Morgan fingerprint density at radius 3 is 2.19 bits per heavy atom. The van der Waals surface area contributed by atoms with Crippen molar-refractivity contribution in [3.8, 4) is 0 Å². The molecule has 1 aromatic heterocycles. The number of pyridine rings is 1. The van der Waals surface area contributed by atoms with E-state index in [4.69, 9.17) is 11.6 Å². The molecule has 2 saturated heterocycles. The van der Waals surface area contributed by atoms with Gasteiger partial charge in [0.15, 0.2) is 0 Å². The molecule has 2 amide bonds. The highest BCUT2D eigenvalue weighted by Gasteiger charge is 2.20. The van der Waals surface area contributed by atoms with Gasteiger partial charge >= 0.3 is 0 Å². The molecule has 6 nitrogen and oxygen atoms in total. The quantitative estimate of drug-likeness (QED) is 0.831. The summed E-state index contributed by atoms with van der Waals surface area (Å²) in [7, 11) is 0. The van der Waals surface area contributed by atoms with Crippen LogP contribution in [0.1, 0.15) is 61.7 Å². The molecule has 1 aromatic rings. The molecule has 2 fully saturated rings. The maximum Gasteiger partial charge on any atom is 0.255 e. The lowest BCUT2D eigenvalue weighted by Crippen LogP contribution is -2.35. The third-order valence-electron chi connectivity index (χ3n) is 5.32. The fourth-order valence-electron chi connectivity index (χ4n) is 3.73. The van der Waals surface area contributed by atoms with Gasteiger partial charge in [-0.15, -0.1) is 0 Å². The molecule has 3 rings (SSSR count). The van der Waals surface area contributed by atoms with E-state index >= 15 is 0 Å². The van der Waals surface area contributed by atoms with Crippen LogP contribution in [0, 0.1) is 0 Å². The topological polar surface area (TPSA) is 65.5 Å². The second-order valence-corrected chi connectivity index (χ2v) is 7.79. The Hall–Kier alpha value is -1.82. The number of carbonyl (C=O) groups excluding carboxylic acids is 2. The van der Waals surface area contributed by atoms with Crippen LogP contribution in [0.2, 0.25) is 5.02 Å². The number of likely N-dealkylation sites (tertiary alicyclic amines) is 2. The van der Waals surface area contributed by atoms with Crippen molar-refractivity contribution in [1.82, 2.24) is 14.8 Å². The number of carbonyl (C=O) groups is 2. The molecule has 1 N–H and O–H groups in total. The van der Waals surface area contributed by atoms with Crippen LogP contribution in [0.25, 0.3) is 0 Å². The van der Waals surface area contributed by atoms with E-state index in [1.54, 1.807) is 12.3 Å². The molecular formula is C20H29ClN4O2. The molecule has 7 heteroatoms. The van der Waals surface area contributed by atoms with E-state index in [-0.39, 0.29) is 11.8 Å². The SMILES string of the molecule is O=C(CCNc1ncc(C(=O)N2CCCCC2)cc1Cl)N1CCCCCC1. The van der Waals surface area contributed by atoms with Crippen LogP contribution in [0.15, 0.2) is 12.3 Å². The first-order valence-corrected chi connectivity index (χ1v) is 10.5. The summed E-state index contributed by atoms with van der Waals surface area (Å²) < 4.78 is 0. The number of amides is 2. The number of halogens is 1. The number of hydrogen-bond donors (Lipinski definition) is 1. The van der Waals surface area contributed by atoms with Crippen molar-refractivity contribution in [1.29, 1.82) is 0 Å². The number of nitrogens with zero attached hydrogens (tertiary/aromatic N) is 3. The molecule has 0 aliphatic carbocycles. The van der Waals surface area contributed by atoms with Crippen LogP contribution in [-0.4, -0.2) is 59.3 Å². The Morgan fingerprint density at radius 1 is 0.963 bits per heavy atom. The van der Waals surface area contributed by atoms with E-state index in [1.165, 1.54) is 19.3 Å². The molecule has 0 unspecified atom stereocenters. The average molecular weight is 393 g/mol. The second-order valence-electron chi connectivity index (χ2n) is 7.38. The Kier molecular flexibility index (Phi) is 7.33. The van der Waals surface area contributed by atoms with E-state index in [0.29, 0.717) is 29.4 Å². The maximum absolute atomic E-state index is 12.5. The lowest BCUT2D eigenvalue weighted by molar-refractivity contribution is -0.130. The summed E-state index contributed by atoms with van der Waals surface area (Å²) in [6.07, 6.45) is 9.90. The molecule has 0 radical (unpaired) electrons. The standard InChI is InChI=1S/C20H29ClN4O2/c21-17-14-16(20(27)25-12-6-3-7-13-25)15-23-19(17)22-9-8-18(26)24-10-4-1-2-5-11-24/h14-15H,1-13H2,(H,22,23). The number of anilines is 1. The van der Waals surface area contributed by atoms with Crippen molar-refractivity contribution in [2.75, 3.05) is 38.0 Å². The minimum atomic E-state index is -0.00742. The van der Waals surface area contributed by atoms with Crippen molar-refractivity contribution < 1.29 is 9.59 Å². The number of rotatable bonds is 5. The summed E-state index contributed by atoms with van der Waals surface area (Å²) in [5.41, 5.74) is 0.521. The van der Waals surface area contributed by atoms with Gasteiger partial charge in [0.25, 0.3) is 5.91 Å². The monoisotopic (exact) mass is 392 g/mol. The van der Waals surface area contributed by atoms with E-state index in [1.807, 2.05) is 9.80 Å². The van der Waals surface area contributed by atoms with Gasteiger partial charge in [-0.1, -0.05) is 24.4 Å². The van der Waals surface area contributed by atoms with E-state index < -0.39 is 0 Å². The smallest absolute Gasteiger partial charge is 0.255 e. The summed E-state index contributed by atoms with van der Waals surface area (Å²) in [5.74, 6) is 0.694. The molecule has 148 valence electrons. The van der Waals surface area contributed by atoms with Gasteiger partial charge in [0, 0.05) is 45.3 Å². The number of nitrogens with one attached hydrogen (secondary N) is 1. The Labute approximate surface area is 166 Å². The van der Waals surface area contributed by atoms with Crippen molar-refractivity contribution >= 4 is 29.2 Å². The van der Waals surface area contributed by atoms with Crippen molar-refractivity contribution in [2.24, 2.45) is 0 Å². The Morgan fingerprint density at radius 2 is 1.56 bits per heavy atom. The number of hydrogen-bond acceptors (Lipinski definition) is 4. The fourth-order valence-corrected chi connectivity index (χ4v) is 3.96. The highest BCUT2D eigenvalue weighted by molar-refractivity contribution is 6.33. The van der Waals surface area contributed by atoms with Crippen LogP contribution >= 0.6 is 11.6 Å². The highest BCUT2D eigenvalue weighted by atomic mass is 35.5. The van der Waals surface area contributed by atoms with Crippen LogP contribution < -0.4 is 5.32 Å². The van der Waals surface area contributed by atoms with Gasteiger partial charge in [-0.2, -0.15) is 0 Å². The largest absolute Gasteiger partial charge is 0.368 e. The van der Waals surface area contributed by atoms with E-state index in [0.717, 1.165) is 51.9 Å².